The van der Waals surface area contributed by atoms with Gasteiger partial charge in [-0.2, -0.15) is 0 Å². The van der Waals surface area contributed by atoms with Gasteiger partial charge in [-0.3, -0.25) is 10.9 Å². The second kappa shape index (κ2) is 4.21. The first kappa shape index (κ1) is 9.96. The van der Waals surface area contributed by atoms with Crippen LogP contribution >= 0.6 is 0 Å². The maximum absolute atomic E-state index is 10.9. The molecule has 76 valence electrons. The van der Waals surface area contributed by atoms with Crippen molar-refractivity contribution in [3.05, 3.63) is 0 Å². The number of rotatable bonds is 2. The van der Waals surface area contributed by atoms with Crippen molar-refractivity contribution in [3.8, 4) is 0 Å². The summed E-state index contributed by atoms with van der Waals surface area (Å²) < 4.78 is 8.71. The molecule has 0 aliphatic carbocycles. The third-order valence-corrected chi connectivity index (χ3v) is 1.30. The molecule has 1 heterocycles. The predicted octanol–water partition coefficient (Wildman–Crippen LogP) is -1.85. The van der Waals surface area contributed by atoms with Gasteiger partial charge in [-0.25, -0.2) is 9.59 Å². The van der Waals surface area contributed by atoms with Gasteiger partial charge in [0.1, 0.15) is 0 Å². The van der Waals surface area contributed by atoms with Crippen molar-refractivity contribution in [3.63, 3.8) is 0 Å². The summed E-state index contributed by atoms with van der Waals surface area (Å²) in [6.07, 6.45) is 0. The molecular weight excluding hydrogens is 196 g/mol. The quantitative estimate of drug-likeness (QED) is 0.404. The highest BCUT2D eigenvalue weighted by Crippen LogP contribution is 1.87. The van der Waals surface area contributed by atoms with E-state index in [0.717, 1.165) is 0 Å². The first-order chi connectivity index (χ1) is 6.69. The van der Waals surface area contributed by atoms with E-state index >= 15 is 0 Å². The lowest BCUT2D eigenvalue weighted by Gasteiger charge is -2.11. The average Bonchev–Trinajstić information content (AvgIpc) is 2.27. The molecule has 0 saturated heterocycles. The number of nitrogens with one attached hydrogen (secondary N) is 2. The molecule has 0 aromatic carbocycles. The van der Waals surface area contributed by atoms with Crippen LogP contribution < -0.4 is 10.9 Å². The van der Waals surface area contributed by atoms with Crippen LogP contribution in [-0.4, -0.2) is 37.8 Å². The van der Waals surface area contributed by atoms with Gasteiger partial charge in [0.2, 0.25) is 0 Å². The Balaban J connectivity index is 2.61. The van der Waals surface area contributed by atoms with E-state index in [1.54, 1.807) is 0 Å². The molecule has 2 N–H and O–H groups in total. The second-order valence-electron chi connectivity index (χ2n) is 2.13. The molecule has 0 aromatic rings. The van der Waals surface area contributed by atoms with Crippen molar-refractivity contribution in [1.82, 2.24) is 10.9 Å². The summed E-state index contributed by atoms with van der Waals surface area (Å²) in [6.45, 7) is 0. The molecule has 0 spiro atoms. The number of nitrogens with zero attached hydrogens (tertiary/aromatic N) is 2. The molecule has 0 saturated carbocycles. The minimum Gasteiger partial charge on any atom is -0.463 e. The Morgan fingerprint density at radius 2 is 1.36 bits per heavy atom. The Hall–Kier alpha value is -2.12. The smallest absolute Gasteiger partial charge is 0.377 e. The monoisotopic (exact) mass is 204 g/mol. The number of ether oxygens (including phenoxy) is 2. The Kier molecular flexibility index (Phi) is 3.00. The third kappa shape index (κ3) is 1.97. The minimum absolute atomic E-state index is 0.139. The average molecular weight is 204 g/mol. The van der Waals surface area contributed by atoms with Crippen molar-refractivity contribution in [2.75, 3.05) is 14.2 Å². The largest absolute Gasteiger partial charge is 0.463 e. The molecule has 0 fully saturated rings. The van der Waals surface area contributed by atoms with Crippen LogP contribution in [0.2, 0.25) is 0 Å². The van der Waals surface area contributed by atoms with Gasteiger partial charge >= 0.3 is 11.9 Å². The Labute approximate surface area is 78.9 Å². The fourth-order valence-electron chi connectivity index (χ4n) is 0.644. The summed E-state index contributed by atoms with van der Waals surface area (Å²) in [7, 11) is 2.40. The summed E-state index contributed by atoms with van der Waals surface area (Å²) in [5, 5.41) is 7.00. The lowest BCUT2D eigenvalue weighted by atomic mass is 10.6. The molecule has 0 atom stereocenters. The molecule has 0 amide bonds. The summed E-state index contributed by atoms with van der Waals surface area (Å²) in [5.41, 5.74) is 4.47. The molecular formula is C6H8N4O4. The van der Waals surface area contributed by atoms with Crippen molar-refractivity contribution < 1.29 is 19.1 Å². The van der Waals surface area contributed by atoms with E-state index in [-0.39, 0.29) is 11.7 Å². The van der Waals surface area contributed by atoms with E-state index in [9.17, 15) is 9.59 Å². The molecule has 1 aliphatic rings. The molecule has 14 heavy (non-hydrogen) atoms. The number of esters is 2. The first-order valence-corrected chi connectivity index (χ1v) is 3.53. The molecule has 8 nitrogen and oxygen atoms in total. The van der Waals surface area contributed by atoms with Gasteiger partial charge in [0, 0.05) is 0 Å². The van der Waals surface area contributed by atoms with E-state index in [1.807, 2.05) is 0 Å². The third-order valence-electron chi connectivity index (χ3n) is 1.30. The summed E-state index contributed by atoms with van der Waals surface area (Å²) >= 11 is 0. The number of hydrogen-bond acceptors (Lipinski definition) is 8. The fraction of sp³-hybridized carbons (Fsp3) is 0.333. The lowest BCUT2D eigenvalue weighted by molar-refractivity contribution is -0.134. The maximum atomic E-state index is 10.9. The van der Waals surface area contributed by atoms with Crippen molar-refractivity contribution in [1.29, 1.82) is 0 Å². The predicted molar refractivity (Wildman–Crippen MR) is 45.2 cm³/mol. The number of hydrogen-bond donors (Lipinski definition) is 2. The van der Waals surface area contributed by atoms with E-state index < -0.39 is 11.9 Å². The highest BCUT2D eigenvalue weighted by Gasteiger charge is 2.19. The van der Waals surface area contributed by atoms with E-state index in [4.69, 9.17) is 0 Å². The highest BCUT2D eigenvalue weighted by molar-refractivity contribution is 6.39. The molecule has 0 aromatic heterocycles. The van der Waals surface area contributed by atoms with Gasteiger partial charge in [0.15, 0.2) is 0 Å². The normalized spacial score (nSPS) is 14.1. The van der Waals surface area contributed by atoms with Crippen LogP contribution in [0.15, 0.2) is 10.2 Å². The van der Waals surface area contributed by atoms with Crippen LogP contribution in [0.1, 0.15) is 0 Å². The second-order valence-corrected chi connectivity index (χ2v) is 2.13. The van der Waals surface area contributed by atoms with Crippen LogP contribution in [0.25, 0.3) is 0 Å². The van der Waals surface area contributed by atoms with Crippen LogP contribution in [0, 0.1) is 0 Å². The number of carbonyl (C=O) groups excluding carboxylic acids is 2. The molecule has 1 aliphatic heterocycles. The van der Waals surface area contributed by atoms with Gasteiger partial charge < -0.3 is 9.47 Å². The molecule has 8 heteroatoms. The summed E-state index contributed by atoms with van der Waals surface area (Å²) in [5.74, 6) is -1.66. The van der Waals surface area contributed by atoms with Crippen molar-refractivity contribution in [2.45, 2.75) is 0 Å². The topological polar surface area (TPSA) is 101 Å². The zero-order valence-corrected chi connectivity index (χ0v) is 7.53. The molecule has 1 rings (SSSR count). The summed E-state index contributed by atoms with van der Waals surface area (Å²) in [6, 6.07) is 0. The van der Waals surface area contributed by atoms with E-state index in [1.165, 1.54) is 14.2 Å². The van der Waals surface area contributed by atoms with Crippen LogP contribution in [0.4, 0.5) is 0 Å². The Bertz CT molecular complexity index is 290. The fourth-order valence-corrected chi connectivity index (χ4v) is 0.644. The number of hydrazone groups is 2. The zero-order valence-electron chi connectivity index (χ0n) is 7.53. The van der Waals surface area contributed by atoms with Crippen molar-refractivity contribution >= 4 is 23.6 Å². The Morgan fingerprint density at radius 1 is 1.00 bits per heavy atom. The lowest BCUT2D eigenvalue weighted by Crippen LogP contribution is -2.41. The van der Waals surface area contributed by atoms with Crippen LogP contribution in [-0.2, 0) is 19.1 Å². The van der Waals surface area contributed by atoms with Gasteiger partial charge in [0.25, 0.3) is 11.7 Å². The van der Waals surface area contributed by atoms with E-state index in [2.05, 4.69) is 30.5 Å². The van der Waals surface area contributed by atoms with Gasteiger partial charge in [-0.1, -0.05) is 0 Å². The van der Waals surface area contributed by atoms with Gasteiger partial charge in [-0.15, -0.1) is 10.2 Å². The maximum Gasteiger partial charge on any atom is 0.377 e. The minimum atomic E-state index is -0.690. The van der Waals surface area contributed by atoms with Crippen molar-refractivity contribution in [2.24, 2.45) is 10.2 Å². The number of amidine groups is 2. The Morgan fingerprint density at radius 3 is 1.57 bits per heavy atom. The molecule has 0 radical (unpaired) electrons. The zero-order chi connectivity index (χ0) is 10.6. The SMILES string of the molecule is COC(=O)C1=[15N][15NH]C(C(=O)OC)=[15N][15NH]1. The highest BCUT2D eigenvalue weighted by atomic mass is 16.6. The van der Waals surface area contributed by atoms with Crippen LogP contribution in [0.5, 0.6) is 0 Å². The standard InChI is InChI=1S/C6H8N4O4/c1-13-5(11)3-7-9-4(10-8-3)6(12)14-2/h1-2H3,(H,7,8)(H,9,10)/i7+1,8+1,9+1,10+1. The number of carbonyl (C=O) groups is 2. The molecule has 0 bridgehead atoms. The number of methoxy groups -OCH3 is 2. The van der Waals surface area contributed by atoms with Crippen LogP contribution in [0.3, 0.4) is 0 Å². The van der Waals surface area contributed by atoms with Gasteiger partial charge in [0.05, 0.1) is 14.2 Å². The first-order valence-electron chi connectivity index (χ1n) is 3.53. The summed E-state index contributed by atoms with van der Waals surface area (Å²) in [4.78, 5) is 21.7. The van der Waals surface area contributed by atoms with E-state index in [0.29, 0.717) is 0 Å². The molecule has 0 unspecified atom stereocenters. The van der Waals surface area contributed by atoms with Gasteiger partial charge in [-0.05, 0) is 0 Å².